The van der Waals surface area contributed by atoms with Crippen molar-refractivity contribution in [3.8, 4) is 17.9 Å². The summed E-state index contributed by atoms with van der Waals surface area (Å²) in [6.07, 6.45) is 3.84. The monoisotopic (exact) mass is 449 g/mol. The first-order valence-corrected chi connectivity index (χ1v) is 9.58. The molecular weight excluding hydrogens is 430 g/mol. The van der Waals surface area contributed by atoms with E-state index in [9.17, 15) is 15.3 Å². The van der Waals surface area contributed by atoms with Gasteiger partial charge in [0.15, 0.2) is 0 Å². The molecule has 0 heterocycles. The number of halogens is 1. The molecule has 0 radical (unpaired) electrons. The Labute approximate surface area is 179 Å². The number of nitrogens with zero attached hydrogens (tertiary/aromatic N) is 3. The quantitative estimate of drug-likeness (QED) is 0.350. The molecule has 0 atom stereocenters. The molecule has 0 saturated carbocycles. The highest BCUT2D eigenvalue weighted by molar-refractivity contribution is 9.10. The molecule has 0 N–H and O–H groups in total. The molecule has 0 saturated heterocycles. The summed E-state index contributed by atoms with van der Waals surface area (Å²) < 4.78 is 6.70. The molecule has 146 valence electrons. The number of nitriles is 2. The van der Waals surface area contributed by atoms with Gasteiger partial charge in [-0.15, -0.1) is 6.58 Å². The molecule has 0 aliphatic carbocycles. The van der Waals surface area contributed by atoms with Gasteiger partial charge in [0.05, 0.1) is 16.1 Å². The van der Waals surface area contributed by atoms with Gasteiger partial charge in [-0.2, -0.15) is 10.5 Å². The molecule has 1 amide bonds. The van der Waals surface area contributed by atoms with E-state index in [2.05, 4.69) is 28.6 Å². The molecule has 6 heteroatoms. The summed E-state index contributed by atoms with van der Waals surface area (Å²) in [4.78, 5) is 13.5. The zero-order valence-corrected chi connectivity index (χ0v) is 17.9. The number of likely N-dealkylation sites (N-methyl/N-ethyl adjacent to an activating group) is 1. The van der Waals surface area contributed by atoms with Crippen molar-refractivity contribution >= 4 is 27.9 Å². The molecule has 0 aliphatic rings. The SMILES string of the molecule is C=CCc1cc(/C=C(/C#N)C(=O)N(C)C)cc(Br)c1OCc1ccccc1C#N. The molecule has 0 bridgehead atoms. The number of hydrogen-bond donors (Lipinski definition) is 0. The lowest BCUT2D eigenvalue weighted by atomic mass is 10.0. The van der Waals surface area contributed by atoms with Crippen LogP contribution in [0.25, 0.3) is 6.08 Å². The number of hydrogen-bond acceptors (Lipinski definition) is 4. The van der Waals surface area contributed by atoms with Crippen molar-refractivity contribution in [3.63, 3.8) is 0 Å². The van der Waals surface area contributed by atoms with Gasteiger partial charge < -0.3 is 9.64 Å². The molecule has 0 fully saturated rings. The normalized spacial score (nSPS) is 10.6. The molecule has 2 rings (SSSR count). The minimum Gasteiger partial charge on any atom is -0.487 e. The lowest BCUT2D eigenvalue weighted by molar-refractivity contribution is -0.124. The number of carbonyl (C=O) groups excluding carboxylic acids is 1. The highest BCUT2D eigenvalue weighted by atomic mass is 79.9. The zero-order chi connectivity index (χ0) is 21.4. The maximum atomic E-state index is 12.1. The Morgan fingerprint density at radius 2 is 1.97 bits per heavy atom. The second kappa shape index (κ2) is 10.3. The number of benzene rings is 2. The van der Waals surface area contributed by atoms with Crippen LogP contribution in [-0.2, 0) is 17.8 Å². The second-order valence-electron chi connectivity index (χ2n) is 6.41. The fourth-order valence-corrected chi connectivity index (χ4v) is 3.31. The van der Waals surface area contributed by atoms with Crippen LogP contribution in [0.5, 0.6) is 5.75 Å². The molecule has 0 aliphatic heterocycles. The number of allylic oxidation sites excluding steroid dienone is 1. The van der Waals surface area contributed by atoms with Crippen LogP contribution < -0.4 is 4.74 Å². The largest absolute Gasteiger partial charge is 0.487 e. The van der Waals surface area contributed by atoms with Gasteiger partial charge in [0.25, 0.3) is 5.91 Å². The first-order chi connectivity index (χ1) is 13.9. The molecule has 2 aromatic rings. The van der Waals surface area contributed by atoms with Crippen molar-refractivity contribution in [2.45, 2.75) is 13.0 Å². The Bertz CT molecular complexity index is 1040. The van der Waals surface area contributed by atoms with E-state index >= 15 is 0 Å². The van der Waals surface area contributed by atoms with Crippen LogP contribution >= 0.6 is 15.9 Å². The summed E-state index contributed by atoms with van der Waals surface area (Å²) in [5, 5.41) is 18.6. The van der Waals surface area contributed by atoms with Gasteiger partial charge >= 0.3 is 0 Å². The highest BCUT2D eigenvalue weighted by Gasteiger charge is 2.14. The third-order valence-electron chi connectivity index (χ3n) is 4.08. The number of rotatable bonds is 7. The van der Waals surface area contributed by atoms with E-state index in [-0.39, 0.29) is 18.1 Å². The van der Waals surface area contributed by atoms with Crippen molar-refractivity contribution in [1.29, 1.82) is 10.5 Å². The van der Waals surface area contributed by atoms with Crippen LogP contribution in [0, 0.1) is 22.7 Å². The van der Waals surface area contributed by atoms with E-state index in [1.807, 2.05) is 30.3 Å². The van der Waals surface area contributed by atoms with Crippen LogP contribution in [0.2, 0.25) is 0 Å². The van der Waals surface area contributed by atoms with Gasteiger partial charge in [0, 0.05) is 19.7 Å². The Balaban J connectivity index is 2.40. The van der Waals surface area contributed by atoms with Crippen LogP contribution in [0.15, 0.2) is 59.1 Å². The fourth-order valence-electron chi connectivity index (χ4n) is 2.68. The molecule has 0 aromatic heterocycles. The summed E-state index contributed by atoms with van der Waals surface area (Å²) in [5.74, 6) is 0.273. The van der Waals surface area contributed by atoms with Gasteiger partial charge in [0.2, 0.25) is 0 Å². The summed E-state index contributed by atoms with van der Waals surface area (Å²) in [6.45, 7) is 4.03. The molecule has 2 aromatic carbocycles. The number of ether oxygens (including phenoxy) is 1. The Morgan fingerprint density at radius 1 is 1.24 bits per heavy atom. The maximum Gasteiger partial charge on any atom is 0.264 e. The van der Waals surface area contributed by atoms with Crippen LogP contribution in [0.4, 0.5) is 0 Å². The van der Waals surface area contributed by atoms with E-state index in [0.29, 0.717) is 27.8 Å². The van der Waals surface area contributed by atoms with Crippen LogP contribution in [-0.4, -0.2) is 24.9 Å². The standard InChI is InChI=1S/C23H20BrN3O2/c1-4-7-17-10-16(11-20(14-26)23(28)27(2)3)12-21(24)22(17)29-15-19-9-6-5-8-18(19)13-25/h4-6,8-12H,1,7,15H2,2-3H3/b20-11-. The van der Waals surface area contributed by atoms with Gasteiger partial charge in [-0.05, 0) is 57.8 Å². The summed E-state index contributed by atoms with van der Waals surface area (Å²) in [6, 6.07) is 15.0. The fraction of sp³-hybridized carbons (Fsp3) is 0.174. The van der Waals surface area contributed by atoms with Gasteiger partial charge in [-0.25, -0.2) is 0 Å². The third kappa shape index (κ3) is 5.57. The zero-order valence-electron chi connectivity index (χ0n) is 16.3. The van der Waals surface area contributed by atoms with E-state index in [1.54, 1.807) is 38.4 Å². The minimum absolute atomic E-state index is 0.0445. The lowest BCUT2D eigenvalue weighted by Gasteiger charge is -2.15. The second-order valence-corrected chi connectivity index (χ2v) is 7.27. The predicted octanol–water partition coefficient (Wildman–Crippen LogP) is 4.62. The van der Waals surface area contributed by atoms with Crippen molar-refractivity contribution in [2.24, 2.45) is 0 Å². The molecular formula is C23H20BrN3O2. The summed E-state index contributed by atoms with van der Waals surface area (Å²) in [7, 11) is 3.20. The Kier molecular flexibility index (Phi) is 7.77. The summed E-state index contributed by atoms with van der Waals surface area (Å²) in [5.41, 5.74) is 2.95. The van der Waals surface area contributed by atoms with Crippen LogP contribution in [0.3, 0.4) is 0 Å². The molecule has 29 heavy (non-hydrogen) atoms. The maximum absolute atomic E-state index is 12.1. The van der Waals surface area contributed by atoms with Crippen molar-refractivity contribution in [3.05, 3.63) is 81.4 Å². The first kappa shape index (κ1) is 21.9. The van der Waals surface area contributed by atoms with Crippen molar-refractivity contribution in [2.75, 3.05) is 14.1 Å². The third-order valence-corrected chi connectivity index (χ3v) is 4.67. The number of carbonyl (C=O) groups is 1. The van der Waals surface area contributed by atoms with Gasteiger partial charge in [-0.1, -0.05) is 24.3 Å². The average molecular weight is 450 g/mol. The highest BCUT2D eigenvalue weighted by Crippen LogP contribution is 2.33. The topological polar surface area (TPSA) is 77.1 Å². The summed E-state index contributed by atoms with van der Waals surface area (Å²) >= 11 is 3.52. The van der Waals surface area contributed by atoms with E-state index in [1.165, 1.54) is 4.90 Å². The first-order valence-electron chi connectivity index (χ1n) is 8.78. The van der Waals surface area contributed by atoms with Crippen molar-refractivity contribution in [1.82, 2.24) is 4.90 Å². The lowest BCUT2D eigenvalue weighted by Crippen LogP contribution is -2.22. The van der Waals surface area contributed by atoms with E-state index in [0.717, 1.165) is 11.1 Å². The average Bonchev–Trinajstić information content (AvgIpc) is 2.71. The smallest absolute Gasteiger partial charge is 0.264 e. The molecule has 0 spiro atoms. The number of amides is 1. The Morgan fingerprint density at radius 3 is 2.59 bits per heavy atom. The van der Waals surface area contributed by atoms with E-state index < -0.39 is 0 Å². The minimum atomic E-state index is -0.359. The van der Waals surface area contributed by atoms with Gasteiger partial charge in [-0.3, -0.25) is 4.79 Å². The van der Waals surface area contributed by atoms with E-state index in [4.69, 9.17) is 4.74 Å². The molecule has 5 nitrogen and oxygen atoms in total. The van der Waals surface area contributed by atoms with Crippen LogP contribution in [0.1, 0.15) is 22.3 Å². The predicted molar refractivity (Wildman–Crippen MR) is 116 cm³/mol. The van der Waals surface area contributed by atoms with Crippen molar-refractivity contribution < 1.29 is 9.53 Å². The van der Waals surface area contributed by atoms with Gasteiger partial charge in [0.1, 0.15) is 24.0 Å². The Hall–Kier alpha value is -3.35. The molecule has 0 unspecified atom stereocenters.